The van der Waals surface area contributed by atoms with Crippen molar-refractivity contribution in [3.8, 4) is 0 Å². The van der Waals surface area contributed by atoms with Crippen molar-refractivity contribution in [3.05, 3.63) is 34.9 Å². The first-order valence-corrected chi connectivity index (χ1v) is 5.52. The van der Waals surface area contributed by atoms with Crippen LogP contribution in [0.2, 0.25) is 0 Å². The molecule has 1 aromatic rings. The van der Waals surface area contributed by atoms with Crippen LogP contribution in [0.4, 0.5) is 0 Å². The van der Waals surface area contributed by atoms with Gasteiger partial charge in [-0.1, -0.05) is 32.0 Å². The third-order valence-corrected chi connectivity index (χ3v) is 3.35. The first kappa shape index (κ1) is 9.72. The normalized spacial score (nSPS) is 25.9. The molecule has 0 amide bonds. The highest BCUT2D eigenvalue weighted by Crippen LogP contribution is 2.34. The second-order valence-corrected chi connectivity index (χ2v) is 4.35. The zero-order chi connectivity index (χ0) is 10.1. The van der Waals surface area contributed by atoms with Crippen molar-refractivity contribution >= 4 is 0 Å². The summed E-state index contributed by atoms with van der Waals surface area (Å²) in [5, 5.41) is 10.0. The number of hydrogen-bond acceptors (Lipinski definition) is 1. The van der Waals surface area contributed by atoms with Crippen LogP contribution in [-0.4, -0.2) is 5.11 Å². The number of aliphatic hydroxyl groups excluding tert-OH is 1. The molecular formula is C13H18O. The SMILES string of the molecule is CCc1ccc2c(c1)[C@H](O)[C@H](C)CC2. The summed E-state index contributed by atoms with van der Waals surface area (Å²) >= 11 is 0. The van der Waals surface area contributed by atoms with Gasteiger partial charge in [0.25, 0.3) is 0 Å². The summed E-state index contributed by atoms with van der Waals surface area (Å²) in [4.78, 5) is 0. The van der Waals surface area contributed by atoms with Crippen LogP contribution in [0, 0.1) is 5.92 Å². The Morgan fingerprint density at radius 2 is 2.21 bits per heavy atom. The summed E-state index contributed by atoms with van der Waals surface area (Å²) in [6, 6.07) is 6.54. The summed E-state index contributed by atoms with van der Waals surface area (Å²) in [6.07, 6.45) is 3.04. The van der Waals surface area contributed by atoms with Crippen LogP contribution in [0.1, 0.15) is 43.1 Å². The van der Waals surface area contributed by atoms with Gasteiger partial charge < -0.3 is 5.11 Å². The second-order valence-electron chi connectivity index (χ2n) is 4.35. The van der Waals surface area contributed by atoms with Gasteiger partial charge in [0.1, 0.15) is 0 Å². The number of rotatable bonds is 1. The molecule has 0 aromatic heterocycles. The Hall–Kier alpha value is -0.820. The molecule has 0 saturated carbocycles. The molecule has 2 atom stereocenters. The Morgan fingerprint density at radius 3 is 2.93 bits per heavy atom. The van der Waals surface area contributed by atoms with Gasteiger partial charge in [-0.3, -0.25) is 0 Å². The lowest BCUT2D eigenvalue weighted by atomic mass is 9.82. The molecule has 1 nitrogen and oxygen atoms in total. The molecule has 0 aliphatic heterocycles. The van der Waals surface area contributed by atoms with Gasteiger partial charge in [-0.15, -0.1) is 0 Å². The molecule has 0 unspecified atom stereocenters. The molecule has 1 aromatic carbocycles. The van der Waals surface area contributed by atoms with Crippen molar-refractivity contribution in [2.24, 2.45) is 5.92 Å². The van der Waals surface area contributed by atoms with Crippen LogP contribution in [0.3, 0.4) is 0 Å². The van der Waals surface area contributed by atoms with Crippen LogP contribution in [-0.2, 0) is 12.8 Å². The van der Waals surface area contributed by atoms with Gasteiger partial charge in [0.05, 0.1) is 6.10 Å². The van der Waals surface area contributed by atoms with E-state index < -0.39 is 0 Å². The van der Waals surface area contributed by atoms with E-state index in [4.69, 9.17) is 0 Å². The fourth-order valence-electron chi connectivity index (χ4n) is 2.21. The summed E-state index contributed by atoms with van der Waals surface area (Å²) in [5.41, 5.74) is 3.84. The van der Waals surface area contributed by atoms with Gasteiger partial charge in [0.15, 0.2) is 0 Å². The highest BCUT2D eigenvalue weighted by molar-refractivity contribution is 5.35. The van der Waals surface area contributed by atoms with Crippen molar-refractivity contribution < 1.29 is 5.11 Å². The molecule has 76 valence electrons. The van der Waals surface area contributed by atoms with Gasteiger partial charge in [0, 0.05) is 0 Å². The molecule has 0 fully saturated rings. The van der Waals surface area contributed by atoms with Gasteiger partial charge in [-0.2, -0.15) is 0 Å². The zero-order valence-corrected chi connectivity index (χ0v) is 8.96. The molecule has 0 saturated heterocycles. The van der Waals surface area contributed by atoms with Gasteiger partial charge in [0.2, 0.25) is 0 Å². The molecule has 2 rings (SSSR count). The standard InChI is InChI=1S/C13H18O/c1-3-10-5-7-11-6-4-9(2)13(14)12(11)8-10/h5,7-9,13-14H,3-4,6H2,1-2H3/t9-,13-/m1/s1. The highest BCUT2D eigenvalue weighted by atomic mass is 16.3. The molecule has 0 radical (unpaired) electrons. The summed E-state index contributed by atoms with van der Waals surface area (Å²) < 4.78 is 0. The molecule has 0 spiro atoms. The van der Waals surface area contributed by atoms with Crippen LogP contribution < -0.4 is 0 Å². The van der Waals surface area contributed by atoms with Crippen molar-refractivity contribution in [3.63, 3.8) is 0 Å². The van der Waals surface area contributed by atoms with Crippen LogP contribution >= 0.6 is 0 Å². The van der Waals surface area contributed by atoms with E-state index in [-0.39, 0.29) is 6.10 Å². The summed E-state index contributed by atoms with van der Waals surface area (Å²) in [7, 11) is 0. The van der Waals surface area contributed by atoms with Crippen molar-refractivity contribution in [2.75, 3.05) is 0 Å². The maximum Gasteiger partial charge on any atom is 0.0818 e. The number of benzene rings is 1. The Bertz CT molecular complexity index is 330. The maximum absolute atomic E-state index is 10.0. The predicted molar refractivity (Wildman–Crippen MR) is 58.3 cm³/mol. The lowest BCUT2D eigenvalue weighted by Gasteiger charge is -2.27. The van der Waals surface area contributed by atoms with E-state index in [1.54, 1.807) is 0 Å². The lowest BCUT2D eigenvalue weighted by Crippen LogP contribution is -2.18. The van der Waals surface area contributed by atoms with E-state index >= 15 is 0 Å². The minimum absolute atomic E-state index is 0.245. The first-order chi connectivity index (χ1) is 6.72. The smallest absolute Gasteiger partial charge is 0.0818 e. The van der Waals surface area contributed by atoms with Gasteiger partial charge in [-0.25, -0.2) is 0 Å². The number of aliphatic hydroxyl groups is 1. The zero-order valence-electron chi connectivity index (χ0n) is 8.96. The Morgan fingerprint density at radius 1 is 1.43 bits per heavy atom. The van der Waals surface area contributed by atoms with Crippen molar-refractivity contribution in [1.82, 2.24) is 0 Å². The molecule has 14 heavy (non-hydrogen) atoms. The quantitative estimate of drug-likeness (QED) is 0.722. The Kier molecular flexibility index (Phi) is 2.60. The van der Waals surface area contributed by atoms with Crippen LogP contribution in [0.25, 0.3) is 0 Å². The van der Waals surface area contributed by atoms with E-state index in [0.29, 0.717) is 5.92 Å². The fraction of sp³-hybridized carbons (Fsp3) is 0.538. The number of aryl methyl sites for hydroxylation is 2. The van der Waals surface area contributed by atoms with E-state index in [9.17, 15) is 5.11 Å². The fourth-order valence-corrected chi connectivity index (χ4v) is 2.21. The molecule has 0 heterocycles. The van der Waals surface area contributed by atoms with E-state index in [1.165, 1.54) is 16.7 Å². The maximum atomic E-state index is 10.0. The predicted octanol–water partition coefficient (Wildman–Crippen LogP) is 2.86. The molecule has 1 N–H and O–H groups in total. The average molecular weight is 190 g/mol. The Balaban J connectivity index is 2.41. The largest absolute Gasteiger partial charge is 0.388 e. The summed E-state index contributed by atoms with van der Waals surface area (Å²) in [5.74, 6) is 0.412. The lowest BCUT2D eigenvalue weighted by molar-refractivity contribution is 0.104. The number of fused-ring (bicyclic) bond motifs is 1. The van der Waals surface area contributed by atoms with Gasteiger partial charge in [-0.05, 0) is 41.9 Å². The Labute approximate surface area is 85.8 Å². The molecular weight excluding hydrogens is 172 g/mol. The van der Waals surface area contributed by atoms with Crippen LogP contribution in [0.15, 0.2) is 18.2 Å². The number of hydrogen-bond donors (Lipinski definition) is 1. The third kappa shape index (κ3) is 1.57. The van der Waals surface area contributed by atoms with Crippen molar-refractivity contribution in [2.45, 2.75) is 39.2 Å². The molecule has 0 bridgehead atoms. The molecule has 1 aliphatic rings. The molecule has 1 aliphatic carbocycles. The van der Waals surface area contributed by atoms with E-state index in [0.717, 1.165) is 19.3 Å². The minimum Gasteiger partial charge on any atom is -0.388 e. The topological polar surface area (TPSA) is 20.2 Å². The van der Waals surface area contributed by atoms with Crippen LogP contribution in [0.5, 0.6) is 0 Å². The van der Waals surface area contributed by atoms with E-state index in [2.05, 4.69) is 32.0 Å². The third-order valence-electron chi connectivity index (χ3n) is 3.35. The van der Waals surface area contributed by atoms with E-state index in [1.807, 2.05) is 0 Å². The minimum atomic E-state index is -0.245. The second kappa shape index (κ2) is 3.74. The summed E-state index contributed by atoms with van der Waals surface area (Å²) in [6.45, 7) is 4.28. The highest BCUT2D eigenvalue weighted by Gasteiger charge is 2.24. The average Bonchev–Trinajstić information content (AvgIpc) is 2.23. The first-order valence-electron chi connectivity index (χ1n) is 5.52. The monoisotopic (exact) mass is 190 g/mol. The molecule has 1 heteroatoms. The van der Waals surface area contributed by atoms with Gasteiger partial charge >= 0.3 is 0 Å². The van der Waals surface area contributed by atoms with Crippen molar-refractivity contribution in [1.29, 1.82) is 0 Å².